The number of aromatic nitrogens is 5. The molecule has 0 bridgehead atoms. The van der Waals surface area contributed by atoms with E-state index < -0.39 is 0 Å². The highest BCUT2D eigenvalue weighted by atomic mass is 32.2. The Balaban J connectivity index is 1.49. The van der Waals surface area contributed by atoms with E-state index in [-0.39, 0.29) is 5.91 Å². The van der Waals surface area contributed by atoms with Crippen LogP contribution < -0.4 is 10.7 Å². The van der Waals surface area contributed by atoms with Crippen molar-refractivity contribution in [2.45, 2.75) is 12.1 Å². The molecule has 1 fully saturated rings. The second-order valence-electron chi connectivity index (χ2n) is 5.11. The molecule has 3 heterocycles. The van der Waals surface area contributed by atoms with Crippen LogP contribution in [0.15, 0.2) is 23.6 Å². The summed E-state index contributed by atoms with van der Waals surface area (Å²) in [6.45, 7) is 4.54. The van der Waals surface area contributed by atoms with E-state index in [1.165, 1.54) is 16.4 Å². The lowest BCUT2D eigenvalue weighted by atomic mass is 10.3. The van der Waals surface area contributed by atoms with E-state index in [1.807, 2.05) is 4.90 Å². The summed E-state index contributed by atoms with van der Waals surface area (Å²) in [6, 6.07) is 1.79. The molecule has 0 aliphatic carbocycles. The minimum absolute atomic E-state index is 0.0734. The number of nitrogens with two attached hydrogens (primary N) is 1. The molecule has 0 spiro atoms. The van der Waals surface area contributed by atoms with Crippen molar-refractivity contribution in [2.75, 3.05) is 42.7 Å². The standard InChI is InChI=1S/C13H18N8OS/c1-10-17-18-13(21(10)14)23-9-11(22)19-5-7-20(8-6-19)12-15-3-2-4-16-12/h2-4H,5-9,14H2,1H3. The highest BCUT2D eigenvalue weighted by Crippen LogP contribution is 2.16. The SMILES string of the molecule is Cc1nnc(SCC(=O)N2CCN(c3ncccn3)CC2)n1N. The molecule has 1 amide bonds. The molecular formula is C13H18N8OS. The summed E-state index contributed by atoms with van der Waals surface area (Å²) in [4.78, 5) is 24.7. The number of hydrogen-bond donors (Lipinski definition) is 1. The van der Waals surface area contributed by atoms with Crippen LogP contribution in [0.2, 0.25) is 0 Å². The maximum Gasteiger partial charge on any atom is 0.233 e. The molecule has 23 heavy (non-hydrogen) atoms. The molecule has 122 valence electrons. The van der Waals surface area contributed by atoms with Crippen molar-refractivity contribution in [3.8, 4) is 0 Å². The summed E-state index contributed by atoms with van der Waals surface area (Å²) in [5, 5.41) is 8.36. The molecule has 1 saturated heterocycles. The number of piperazine rings is 1. The number of nitrogens with zero attached hydrogens (tertiary/aromatic N) is 7. The fourth-order valence-corrected chi connectivity index (χ4v) is 3.08. The van der Waals surface area contributed by atoms with Gasteiger partial charge in [0.15, 0.2) is 0 Å². The van der Waals surface area contributed by atoms with Gasteiger partial charge in [-0.15, -0.1) is 10.2 Å². The zero-order valence-electron chi connectivity index (χ0n) is 12.8. The van der Waals surface area contributed by atoms with E-state index >= 15 is 0 Å². The summed E-state index contributed by atoms with van der Waals surface area (Å²) in [5.74, 6) is 7.48. The van der Waals surface area contributed by atoms with Crippen LogP contribution in [0.3, 0.4) is 0 Å². The van der Waals surface area contributed by atoms with Gasteiger partial charge in [-0.05, 0) is 13.0 Å². The van der Waals surface area contributed by atoms with Gasteiger partial charge in [-0.25, -0.2) is 14.6 Å². The summed E-state index contributed by atoms with van der Waals surface area (Å²) in [7, 11) is 0. The Morgan fingerprint density at radius 2 is 1.91 bits per heavy atom. The zero-order valence-corrected chi connectivity index (χ0v) is 13.6. The number of anilines is 1. The fraction of sp³-hybridized carbons (Fsp3) is 0.462. The maximum atomic E-state index is 12.3. The smallest absolute Gasteiger partial charge is 0.233 e. The Morgan fingerprint density at radius 1 is 1.22 bits per heavy atom. The number of nitrogen functional groups attached to an aromatic ring is 1. The van der Waals surface area contributed by atoms with Crippen LogP contribution in [-0.2, 0) is 4.79 Å². The van der Waals surface area contributed by atoms with Crippen LogP contribution in [0, 0.1) is 6.92 Å². The van der Waals surface area contributed by atoms with Gasteiger partial charge in [0, 0.05) is 38.6 Å². The first-order valence-corrected chi connectivity index (χ1v) is 8.23. The van der Waals surface area contributed by atoms with Crippen LogP contribution in [0.1, 0.15) is 5.82 Å². The molecular weight excluding hydrogens is 316 g/mol. The van der Waals surface area contributed by atoms with Gasteiger partial charge in [0.2, 0.25) is 17.0 Å². The number of hydrogen-bond acceptors (Lipinski definition) is 8. The number of carbonyl (C=O) groups excluding carboxylic acids is 1. The van der Waals surface area contributed by atoms with Crippen molar-refractivity contribution < 1.29 is 4.79 Å². The fourth-order valence-electron chi connectivity index (χ4n) is 2.28. The monoisotopic (exact) mass is 334 g/mol. The summed E-state index contributed by atoms with van der Waals surface area (Å²) < 4.78 is 1.39. The Bertz CT molecular complexity index is 668. The van der Waals surface area contributed by atoms with Gasteiger partial charge in [-0.2, -0.15) is 0 Å². The normalized spacial score (nSPS) is 15.0. The minimum Gasteiger partial charge on any atom is -0.338 e. The molecule has 2 N–H and O–H groups in total. The summed E-state index contributed by atoms with van der Waals surface area (Å²) in [5.41, 5.74) is 0. The average molecular weight is 334 g/mol. The zero-order chi connectivity index (χ0) is 16.2. The van der Waals surface area contributed by atoms with Crippen molar-refractivity contribution in [1.82, 2.24) is 29.7 Å². The van der Waals surface area contributed by atoms with E-state index in [2.05, 4.69) is 25.1 Å². The van der Waals surface area contributed by atoms with Crippen molar-refractivity contribution in [2.24, 2.45) is 0 Å². The minimum atomic E-state index is 0.0734. The maximum absolute atomic E-state index is 12.3. The van der Waals surface area contributed by atoms with Crippen molar-refractivity contribution in [3.05, 3.63) is 24.3 Å². The van der Waals surface area contributed by atoms with Crippen LogP contribution in [0.4, 0.5) is 5.95 Å². The van der Waals surface area contributed by atoms with Crippen LogP contribution in [-0.4, -0.2) is 67.6 Å². The van der Waals surface area contributed by atoms with Gasteiger partial charge in [0.05, 0.1) is 5.75 Å². The highest BCUT2D eigenvalue weighted by Gasteiger charge is 2.23. The van der Waals surface area contributed by atoms with Crippen LogP contribution in [0.5, 0.6) is 0 Å². The van der Waals surface area contributed by atoms with Gasteiger partial charge in [-0.1, -0.05) is 11.8 Å². The number of thioether (sulfide) groups is 1. The van der Waals surface area contributed by atoms with Crippen molar-refractivity contribution in [3.63, 3.8) is 0 Å². The molecule has 9 nitrogen and oxygen atoms in total. The Hall–Kier alpha value is -2.36. The van der Waals surface area contributed by atoms with Crippen LogP contribution in [0.25, 0.3) is 0 Å². The third-order valence-corrected chi connectivity index (χ3v) is 4.55. The molecule has 0 radical (unpaired) electrons. The number of rotatable bonds is 4. The average Bonchev–Trinajstić information content (AvgIpc) is 2.92. The topological polar surface area (TPSA) is 106 Å². The molecule has 1 aliphatic rings. The first-order valence-electron chi connectivity index (χ1n) is 7.25. The van der Waals surface area contributed by atoms with Crippen molar-refractivity contribution >= 4 is 23.6 Å². The van der Waals surface area contributed by atoms with Gasteiger partial charge < -0.3 is 15.6 Å². The predicted octanol–water partition coefficient (Wildman–Crippen LogP) is -0.469. The summed E-state index contributed by atoms with van der Waals surface area (Å²) >= 11 is 1.30. The van der Waals surface area contributed by atoms with Gasteiger partial charge >= 0.3 is 0 Å². The van der Waals surface area contributed by atoms with Gasteiger partial charge in [-0.3, -0.25) is 4.79 Å². The first kappa shape index (κ1) is 15.5. The number of amides is 1. The second-order valence-corrected chi connectivity index (χ2v) is 6.05. The molecule has 0 atom stereocenters. The molecule has 10 heteroatoms. The second kappa shape index (κ2) is 6.82. The Kier molecular flexibility index (Phi) is 4.60. The molecule has 2 aromatic heterocycles. The van der Waals surface area contributed by atoms with E-state index in [0.29, 0.717) is 35.8 Å². The number of carbonyl (C=O) groups is 1. The lowest BCUT2D eigenvalue weighted by Crippen LogP contribution is -2.49. The van der Waals surface area contributed by atoms with E-state index in [9.17, 15) is 4.79 Å². The third kappa shape index (κ3) is 3.52. The summed E-state index contributed by atoms with van der Waals surface area (Å²) in [6.07, 6.45) is 3.45. The van der Waals surface area contributed by atoms with Gasteiger partial charge in [0.1, 0.15) is 5.82 Å². The third-order valence-electron chi connectivity index (χ3n) is 3.63. The lowest BCUT2D eigenvalue weighted by molar-refractivity contribution is -0.128. The molecule has 0 unspecified atom stereocenters. The van der Waals surface area contributed by atoms with Crippen molar-refractivity contribution in [1.29, 1.82) is 0 Å². The van der Waals surface area contributed by atoms with Crippen LogP contribution >= 0.6 is 11.8 Å². The Labute approximate surface area is 137 Å². The van der Waals surface area contributed by atoms with E-state index in [1.54, 1.807) is 25.4 Å². The van der Waals surface area contributed by atoms with Gasteiger partial charge in [0.25, 0.3) is 0 Å². The Morgan fingerprint density at radius 3 is 2.52 bits per heavy atom. The molecule has 0 aromatic carbocycles. The first-order chi connectivity index (χ1) is 11.1. The van der Waals surface area contributed by atoms with E-state index in [4.69, 9.17) is 5.84 Å². The predicted molar refractivity (Wildman–Crippen MR) is 86.5 cm³/mol. The number of aryl methyl sites for hydroxylation is 1. The largest absolute Gasteiger partial charge is 0.338 e. The molecule has 1 aliphatic heterocycles. The quantitative estimate of drug-likeness (QED) is 0.591. The van der Waals surface area contributed by atoms with E-state index in [0.717, 1.165) is 13.1 Å². The highest BCUT2D eigenvalue weighted by molar-refractivity contribution is 7.99. The molecule has 0 saturated carbocycles. The lowest BCUT2D eigenvalue weighted by Gasteiger charge is -2.34. The molecule has 2 aromatic rings. The molecule has 3 rings (SSSR count).